The quantitative estimate of drug-likeness (QED) is 0.354. The number of carbonyl (C=O) groups excluding carboxylic acids is 3. The zero-order valence-electron chi connectivity index (χ0n) is 19.2. The Hall–Kier alpha value is -4.37. The highest BCUT2D eigenvalue weighted by atomic mass is 16.6. The number of ether oxygens (including phenoxy) is 1. The molecule has 0 spiro atoms. The number of carbonyl (C=O) groups is 3. The van der Waals surface area contributed by atoms with Gasteiger partial charge in [-0.25, -0.2) is 5.48 Å². The molecule has 180 valence electrons. The Labute approximate surface area is 202 Å². The minimum absolute atomic E-state index is 0.209. The van der Waals surface area contributed by atoms with E-state index in [0.717, 1.165) is 5.56 Å². The van der Waals surface area contributed by atoms with Gasteiger partial charge < -0.3 is 20.7 Å². The molecular formula is C26H26N4O5. The lowest BCUT2D eigenvalue weighted by Gasteiger charge is -2.27. The Balaban J connectivity index is 1.29. The van der Waals surface area contributed by atoms with Crippen molar-refractivity contribution in [2.45, 2.75) is 19.1 Å². The molecule has 35 heavy (non-hydrogen) atoms. The van der Waals surface area contributed by atoms with E-state index in [9.17, 15) is 14.4 Å². The van der Waals surface area contributed by atoms with Crippen molar-refractivity contribution in [1.29, 1.82) is 0 Å². The molecule has 3 aromatic carbocycles. The van der Waals surface area contributed by atoms with E-state index < -0.39 is 11.9 Å². The lowest BCUT2D eigenvalue weighted by atomic mass is 10.1. The molecule has 0 radical (unpaired) electrons. The van der Waals surface area contributed by atoms with E-state index in [2.05, 4.69) is 21.4 Å². The van der Waals surface area contributed by atoms with E-state index in [1.807, 2.05) is 30.3 Å². The lowest BCUT2D eigenvalue weighted by molar-refractivity contribution is -0.117. The second-order valence-corrected chi connectivity index (χ2v) is 7.93. The van der Waals surface area contributed by atoms with Crippen molar-refractivity contribution < 1.29 is 24.0 Å². The second-order valence-electron chi connectivity index (χ2n) is 7.93. The molecular weight excluding hydrogens is 448 g/mol. The van der Waals surface area contributed by atoms with Crippen LogP contribution in [0.5, 0.6) is 5.75 Å². The number of rotatable bonds is 9. The SMILES string of the molecule is COc1ccc(C(=O)NCCC2Nc3cc(C(=O)NOCc4ccccc4)ccc3NC2=O)cc1. The van der Waals surface area contributed by atoms with E-state index >= 15 is 0 Å². The monoisotopic (exact) mass is 474 g/mol. The molecule has 1 heterocycles. The number of anilines is 2. The Bertz CT molecular complexity index is 1200. The summed E-state index contributed by atoms with van der Waals surface area (Å²) in [5.41, 5.74) is 5.45. The van der Waals surface area contributed by atoms with Crippen LogP contribution in [0, 0.1) is 0 Å². The van der Waals surface area contributed by atoms with Crippen LogP contribution in [0.2, 0.25) is 0 Å². The van der Waals surface area contributed by atoms with Crippen LogP contribution in [0.15, 0.2) is 72.8 Å². The van der Waals surface area contributed by atoms with Gasteiger partial charge in [0.25, 0.3) is 11.8 Å². The molecule has 4 N–H and O–H groups in total. The van der Waals surface area contributed by atoms with Crippen molar-refractivity contribution in [3.8, 4) is 5.75 Å². The molecule has 0 saturated heterocycles. The summed E-state index contributed by atoms with van der Waals surface area (Å²) >= 11 is 0. The molecule has 9 nitrogen and oxygen atoms in total. The zero-order valence-corrected chi connectivity index (χ0v) is 19.2. The summed E-state index contributed by atoms with van der Waals surface area (Å²) in [5.74, 6) is -0.178. The van der Waals surface area contributed by atoms with Crippen LogP contribution in [0.3, 0.4) is 0 Å². The maximum absolute atomic E-state index is 12.5. The molecule has 0 aromatic heterocycles. The standard InChI is InChI=1S/C26H26N4O5/c1-34-20-10-7-18(8-11-20)24(31)27-14-13-22-26(33)29-21-12-9-19(15-23(21)28-22)25(32)30-35-16-17-5-3-2-4-6-17/h2-12,15,22,28H,13-14,16H2,1H3,(H,27,31)(H,29,33)(H,30,32). The van der Waals surface area contributed by atoms with E-state index in [0.29, 0.717) is 41.2 Å². The third kappa shape index (κ3) is 6.15. The minimum atomic E-state index is -0.564. The molecule has 1 atom stereocenters. The third-order valence-corrected chi connectivity index (χ3v) is 5.50. The maximum atomic E-state index is 12.5. The number of amides is 3. The number of fused-ring (bicyclic) bond motifs is 1. The van der Waals surface area contributed by atoms with Gasteiger partial charge in [-0.15, -0.1) is 0 Å². The second kappa shape index (κ2) is 11.2. The molecule has 0 bridgehead atoms. The van der Waals surface area contributed by atoms with Crippen molar-refractivity contribution in [3.63, 3.8) is 0 Å². The van der Waals surface area contributed by atoms with Crippen LogP contribution in [-0.2, 0) is 16.2 Å². The number of benzene rings is 3. The normalized spacial score (nSPS) is 14.2. The summed E-state index contributed by atoms with van der Waals surface area (Å²) in [6, 6.07) is 20.6. The van der Waals surface area contributed by atoms with Gasteiger partial charge in [0.15, 0.2) is 0 Å². The highest BCUT2D eigenvalue weighted by molar-refractivity contribution is 6.05. The van der Waals surface area contributed by atoms with Crippen molar-refractivity contribution in [2.75, 3.05) is 24.3 Å². The fourth-order valence-corrected chi connectivity index (χ4v) is 3.58. The van der Waals surface area contributed by atoms with Gasteiger partial charge in [-0.3, -0.25) is 19.2 Å². The summed E-state index contributed by atoms with van der Waals surface area (Å²) in [6.45, 7) is 0.537. The van der Waals surface area contributed by atoms with Crippen molar-refractivity contribution in [2.24, 2.45) is 0 Å². The molecule has 0 saturated carbocycles. The molecule has 1 unspecified atom stereocenters. The predicted octanol–water partition coefficient (Wildman–Crippen LogP) is 3.11. The topological polar surface area (TPSA) is 118 Å². The molecule has 1 aliphatic heterocycles. The molecule has 0 aliphatic carbocycles. The van der Waals surface area contributed by atoms with Crippen LogP contribution < -0.4 is 26.2 Å². The van der Waals surface area contributed by atoms with Gasteiger partial charge in [0.05, 0.1) is 25.1 Å². The maximum Gasteiger partial charge on any atom is 0.274 e. The van der Waals surface area contributed by atoms with Gasteiger partial charge in [0.1, 0.15) is 11.8 Å². The van der Waals surface area contributed by atoms with Gasteiger partial charge in [-0.2, -0.15) is 0 Å². The van der Waals surface area contributed by atoms with Gasteiger partial charge in [-0.05, 0) is 54.4 Å². The summed E-state index contributed by atoms with van der Waals surface area (Å²) in [6.07, 6.45) is 0.365. The van der Waals surface area contributed by atoms with E-state index in [4.69, 9.17) is 9.57 Å². The molecule has 4 rings (SSSR count). The first kappa shape index (κ1) is 23.8. The first-order chi connectivity index (χ1) is 17.0. The van der Waals surface area contributed by atoms with Crippen molar-refractivity contribution in [3.05, 3.63) is 89.5 Å². The van der Waals surface area contributed by atoms with Gasteiger partial charge in [0, 0.05) is 17.7 Å². The van der Waals surface area contributed by atoms with Gasteiger partial charge in [0.2, 0.25) is 5.91 Å². The third-order valence-electron chi connectivity index (χ3n) is 5.50. The summed E-state index contributed by atoms with van der Waals surface area (Å²) in [5, 5.41) is 8.80. The number of nitrogens with one attached hydrogen (secondary N) is 4. The number of hydroxylamine groups is 1. The number of hydrogen-bond donors (Lipinski definition) is 4. The van der Waals surface area contributed by atoms with Gasteiger partial charge in [-0.1, -0.05) is 30.3 Å². The highest BCUT2D eigenvalue weighted by Gasteiger charge is 2.26. The van der Waals surface area contributed by atoms with Crippen LogP contribution in [0.25, 0.3) is 0 Å². The summed E-state index contributed by atoms with van der Waals surface area (Å²) in [7, 11) is 1.56. The average Bonchev–Trinajstić information content (AvgIpc) is 2.89. The smallest absolute Gasteiger partial charge is 0.274 e. The summed E-state index contributed by atoms with van der Waals surface area (Å²) < 4.78 is 5.09. The predicted molar refractivity (Wildman–Crippen MR) is 131 cm³/mol. The molecule has 3 amide bonds. The van der Waals surface area contributed by atoms with Gasteiger partial charge >= 0.3 is 0 Å². The van der Waals surface area contributed by atoms with E-state index in [1.54, 1.807) is 49.6 Å². The van der Waals surface area contributed by atoms with Crippen molar-refractivity contribution >= 4 is 29.1 Å². The Morgan fingerprint density at radius 2 is 1.66 bits per heavy atom. The van der Waals surface area contributed by atoms with Crippen LogP contribution in [0.4, 0.5) is 11.4 Å². The summed E-state index contributed by atoms with van der Waals surface area (Å²) in [4.78, 5) is 42.6. The van der Waals surface area contributed by atoms with E-state index in [-0.39, 0.29) is 18.4 Å². The average molecular weight is 475 g/mol. The first-order valence-corrected chi connectivity index (χ1v) is 11.1. The van der Waals surface area contributed by atoms with Crippen LogP contribution in [-0.4, -0.2) is 37.4 Å². The number of methoxy groups -OCH3 is 1. The zero-order chi connectivity index (χ0) is 24.6. The van der Waals surface area contributed by atoms with Crippen LogP contribution >= 0.6 is 0 Å². The fraction of sp³-hybridized carbons (Fsp3) is 0.192. The van der Waals surface area contributed by atoms with E-state index in [1.165, 1.54) is 0 Å². The number of hydrogen-bond acceptors (Lipinski definition) is 6. The largest absolute Gasteiger partial charge is 0.497 e. The lowest BCUT2D eigenvalue weighted by Crippen LogP contribution is -2.41. The fourth-order valence-electron chi connectivity index (χ4n) is 3.58. The first-order valence-electron chi connectivity index (χ1n) is 11.1. The van der Waals surface area contributed by atoms with Crippen molar-refractivity contribution in [1.82, 2.24) is 10.8 Å². The Morgan fingerprint density at radius 3 is 2.40 bits per heavy atom. The van der Waals surface area contributed by atoms with Crippen LogP contribution in [0.1, 0.15) is 32.7 Å². The highest BCUT2D eigenvalue weighted by Crippen LogP contribution is 2.28. The molecule has 9 heteroatoms. The Morgan fingerprint density at radius 1 is 0.914 bits per heavy atom. The molecule has 0 fully saturated rings. The minimum Gasteiger partial charge on any atom is -0.497 e. The Kier molecular flexibility index (Phi) is 7.59. The molecule has 3 aromatic rings. The molecule has 1 aliphatic rings.